The normalized spacial score (nSPS) is 12.8. The quantitative estimate of drug-likeness (QED) is 0.808. The SMILES string of the molecule is CN(Cc1ncc(Cl)n1C)CC(O)COCc1ccccc1. The molecule has 1 N–H and O–H groups in total. The zero-order chi connectivity index (χ0) is 15.9. The number of imidazole rings is 1. The van der Waals surface area contributed by atoms with Crippen LogP contribution < -0.4 is 0 Å². The standard InChI is InChI=1S/C16H22ClN3O2/c1-19(10-16-18-8-15(17)20(16)2)9-14(21)12-22-11-13-6-4-3-5-7-13/h3-8,14,21H,9-12H2,1-2H3. The molecular weight excluding hydrogens is 302 g/mol. The van der Waals surface area contributed by atoms with E-state index in [0.29, 0.717) is 31.5 Å². The summed E-state index contributed by atoms with van der Waals surface area (Å²) in [6, 6.07) is 9.92. The fraction of sp³-hybridized carbons (Fsp3) is 0.438. The molecule has 0 amide bonds. The summed E-state index contributed by atoms with van der Waals surface area (Å²) in [4.78, 5) is 6.24. The number of benzene rings is 1. The van der Waals surface area contributed by atoms with Gasteiger partial charge in [-0.25, -0.2) is 4.98 Å². The summed E-state index contributed by atoms with van der Waals surface area (Å²) in [5, 5.41) is 10.6. The Morgan fingerprint density at radius 2 is 2.09 bits per heavy atom. The van der Waals surface area contributed by atoms with Gasteiger partial charge in [0.1, 0.15) is 11.0 Å². The minimum Gasteiger partial charge on any atom is -0.389 e. The van der Waals surface area contributed by atoms with Gasteiger partial charge in [-0.15, -0.1) is 0 Å². The highest BCUT2D eigenvalue weighted by Gasteiger charge is 2.12. The molecule has 0 bridgehead atoms. The van der Waals surface area contributed by atoms with Crippen molar-refractivity contribution >= 4 is 11.6 Å². The second-order valence-electron chi connectivity index (χ2n) is 5.41. The maximum atomic E-state index is 10.0. The number of nitrogens with zero attached hydrogens (tertiary/aromatic N) is 3. The summed E-state index contributed by atoms with van der Waals surface area (Å²) in [6.07, 6.45) is 1.09. The molecule has 120 valence electrons. The molecule has 6 heteroatoms. The second kappa shape index (κ2) is 8.29. The molecule has 0 aliphatic carbocycles. The number of aromatic nitrogens is 2. The Kier molecular flexibility index (Phi) is 6.39. The van der Waals surface area contributed by atoms with E-state index in [0.717, 1.165) is 11.4 Å². The van der Waals surface area contributed by atoms with Gasteiger partial charge in [0.25, 0.3) is 0 Å². The summed E-state index contributed by atoms with van der Waals surface area (Å²) in [5.41, 5.74) is 1.10. The van der Waals surface area contributed by atoms with Gasteiger partial charge >= 0.3 is 0 Å². The van der Waals surface area contributed by atoms with Crippen molar-refractivity contribution in [3.05, 3.63) is 53.1 Å². The molecule has 0 radical (unpaired) electrons. The summed E-state index contributed by atoms with van der Waals surface area (Å²) in [7, 11) is 3.81. The van der Waals surface area contributed by atoms with Gasteiger partial charge in [0.05, 0.1) is 32.1 Å². The van der Waals surface area contributed by atoms with Gasteiger partial charge in [-0.05, 0) is 12.6 Å². The van der Waals surface area contributed by atoms with E-state index >= 15 is 0 Å². The van der Waals surface area contributed by atoms with Gasteiger partial charge in [-0.2, -0.15) is 0 Å². The summed E-state index contributed by atoms with van der Waals surface area (Å²) in [5.74, 6) is 0.866. The molecule has 0 spiro atoms. The number of aliphatic hydroxyl groups is 1. The van der Waals surface area contributed by atoms with Crippen molar-refractivity contribution in [2.45, 2.75) is 19.3 Å². The molecule has 5 nitrogen and oxygen atoms in total. The lowest BCUT2D eigenvalue weighted by Crippen LogP contribution is -2.32. The van der Waals surface area contributed by atoms with Crippen LogP contribution in [-0.4, -0.2) is 45.9 Å². The Labute approximate surface area is 136 Å². The van der Waals surface area contributed by atoms with Crippen LogP contribution in [0.1, 0.15) is 11.4 Å². The average Bonchev–Trinajstić information content (AvgIpc) is 2.80. The van der Waals surface area contributed by atoms with E-state index in [9.17, 15) is 5.11 Å². The Hall–Kier alpha value is -1.40. The lowest BCUT2D eigenvalue weighted by molar-refractivity contribution is 0.0123. The fourth-order valence-electron chi connectivity index (χ4n) is 2.18. The molecular formula is C16H22ClN3O2. The second-order valence-corrected chi connectivity index (χ2v) is 5.79. The zero-order valence-corrected chi connectivity index (χ0v) is 13.7. The highest BCUT2D eigenvalue weighted by molar-refractivity contribution is 6.29. The van der Waals surface area contributed by atoms with Crippen LogP contribution >= 0.6 is 11.6 Å². The third-order valence-corrected chi connectivity index (χ3v) is 3.73. The third kappa shape index (κ3) is 5.10. The van der Waals surface area contributed by atoms with E-state index < -0.39 is 6.10 Å². The van der Waals surface area contributed by atoms with Gasteiger partial charge in [0.2, 0.25) is 0 Å². The summed E-state index contributed by atoms with van der Waals surface area (Å²) < 4.78 is 7.37. The Morgan fingerprint density at radius 3 is 2.73 bits per heavy atom. The minimum absolute atomic E-state index is 0.306. The summed E-state index contributed by atoms with van der Waals surface area (Å²) >= 11 is 5.96. The highest BCUT2D eigenvalue weighted by Crippen LogP contribution is 2.10. The lowest BCUT2D eigenvalue weighted by Gasteiger charge is -2.20. The Morgan fingerprint density at radius 1 is 1.36 bits per heavy atom. The monoisotopic (exact) mass is 323 g/mol. The molecule has 0 saturated carbocycles. The van der Waals surface area contributed by atoms with Crippen LogP contribution in [0.4, 0.5) is 0 Å². The van der Waals surface area contributed by atoms with Crippen molar-refractivity contribution in [3.8, 4) is 0 Å². The minimum atomic E-state index is -0.538. The first kappa shape index (κ1) is 17.0. The van der Waals surface area contributed by atoms with Crippen LogP contribution in [-0.2, 0) is 24.9 Å². The van der Waals surface area contributed by atoms with E-state index in [-0.39, 0.29) is 0 Å². The van der Waals surface area contributed by atoms with Gasteiger partial charge in [-0.3, -0.25) is 4.90 Å². The molecule has 2 rings (SSSR count). The van der Waals surface area contributed by atoms with Crippen molar-refractivity contribution in [3.63, 3.8) is 0 Å². The van der Waals surface area contributed by atoms with Crippen molar-refractivity contribution in [2.75, 3.05) is 20.2 Å². The van der Waals surface area contributed by atoms with Crippen LogP contribution in [0.25, 0.3) is 0 Å². The highest BCUT2D eigenvalue weighted by atomic mass is 35.5. The van der Waals surface area contributed by atoms with Gasteiger partial charge < -0.3 is 14.4 Å². The molecule has 1 atom stereocenters. The molecule has 0 aliphatic heterocycles. The first-order valence-electron chi connectivity index (χ1n) is 7.20. The molecule has 1 aromatic heterocycles. The molecule has 1 aromatic carbocycles. The number of hydrogen-bond acceptors (Lipinski definition) is 4. The maximum absolute atomic E-state index is 10.0. The van der Waals surface area contributed by atoms with E-state index in [1.807, 2.05) is 53.9 Å². The van der Waals surface area contributed by atoms with E-state index in [1.165, 1.54) is 0 Å². The predicted octanol–water partition coefficient (Wildman–Crippen LogP) is 2.08. The van der Waals surface area contributed by atoms with Crippen LogP contribution in [0, 0.1) is 0 Å². The van der Waals surface area contributed by atoms with Crippen molar-refractivity contribution in [2.24, 2.45) is 7.05 Å². The molecule has 1 heterocycles. The summed E-state index contributed by atoms with van der Waals surface area (Å²) in [6.45, 7) is 1.95. The number of hydrogen-bond donors (Lipinski definition) is 1. The number of likely N-dealkylation sites (N-methyl/N-ethyl adjacent to an activating group) is 1. The van der Waals surface area contributed by atoms with Gasteiger partial charge in [0, 0.05) is 13.6 Å². The zero-order valence-electron chi connectivity index (χ0n) is 12.9. The van der Waals surface area contributed by atoms with Crippen molar-refractivity contribution < 1.29 is 9.84 Å². The van der Waals surface area contributed by atoms with E-state index in [1.54, 1.807) is 6.20 Å². The number of aliphatic hydroxyl groups excluding tert-OH is 1. The first-order chi connectivity index (χ1) is 10.6. The Bertz CT molecular complexity index is 574. The van der Waals surface area contributed by atoms with Gasteiger partial charge in [-0.1, -0.05) is 41.9 Å². The molecule has 22 heavy (non-hydrogen) atoms. The van der Waals surface area contributed by atoms with Crippen molar-refractivity contribution in [1.29, 1.82) is 0 Å². The maximum Gasteiger partial charge on any atom is 0.128 e. The van der Waals surface area contributed by atoms with Gasteiger partial charge in [0.15, 0.2) is 0 Å². The number of halogens is 1. The third-order valence-electron chi connectivity index (χ3n) is 3.38. The Balaban J connectivity index is 1.70. The van der Waals surface area contributed by atoms with Crippen LogP contribution in [0.3, 0.4) is 0 Å². The van der Waals surface area contributed by atoms with E-state index in [2.05, 4.69) is 4.98 Å². The van der Waals surface area contributed by atoms with Crippen LogP contribution in [0.15, 0.2) is 36.5 Å². The largest absolute Gasteiger partial charge is 0.389 e. The number of rotatable bonds is 8. The number of ether oxygens (including phenoxy) is 1. The van der Waals surface area contributed by atoms with Crippen molar-refractivity contribution in [1.82, 2.24) is 14.5 Å². The molecule has 0 aliphatic rings. The molecule has 0 saturated heterocycles. The fourth-order valence-corrected chi connectivity index (χ4v) is 2.32. The van der Waals surface area contributed by atoms with E-state index in [4.69, 9.17) is 16.3 Å². The van der Waals surface area contributed by atoms with Crippen LogP contribution in [0.2, 0.25) is 5.15 Å². The topological polar surface area (TPSA) is 50.5 Å². The smallest absolute Gasteiger partial charge is 0.128 e. The molecule has 1 unspecified atom stereocenters. The molecule has 0 fully saturated rings. The van der Waals surface area contributed by atoms with Crippen LogP contribution in [0.5, 0.6) is 0 Å². The average molecular weight is 324 g/mol. The first-order valence-corrected chi connectivity index (χ1v) is 7.58. The molecule has 2 aromatic rings. The predicted molar refractivity (Wildman–Crippen MR) is 86.7 cm³/mol. The lowest BCUT2D eigenvalue weighted by atomic mass is 10.2.